The minimum absolute atomic E-state index is 0.231. The monoisotopic (exact) mass is 429 g/mol. The first-order valence-electron chi connectivity index (χ1n) is 10.7. The molecule has 0 spiro atoms. The Morgan fingerprint density at radius 3 is 2.75 bits per heavy atom. The minimum atomic E-state index is -0.231. The molecule has 8 heteroatoms. The van der Waals surface area contributed by atoms with Crippen molar-refractivity contribution < 1.29 is 14.4 Å². The summed E-state index contributed by atoms with van der Waals surface area (Å²) in [5.74, 6) is -0.231. The van der Waals surface area contributed by atoms with Crippen molar-refractivity contribution in [2.24, 2.45) is 5.16 Å². The largest absolute Gasteiger partial charge is 0.395 e. The SMILES string of the molecule is N#Cc1ccc2c(c1)/C(=C1/Nc3ccccc3/C1=N\OCCCN1CCOCC1)C(=O)N2. The zero-order chi connectivity index (χ0) is 21.9. The Morgan fingerprint density at radius 1 is 1.09 bits per heavy atom. The highest BCUT2D eigenvalue weighted by Crippen LogP contribution is 2.39. The van der Waals surface area contributed by atoms with Crippen molar-refractivity contribution in [2.45, 2.75) is 6.42 Å². The van der Waals surface area contributed by atoms with Crippen LogP contribution in [0.15, 0.2) is 53.3 Å². The van der Waals surface area contributed by atoms with Gasteiger partial charge in [0, 0.05) is 42.1 Å². The van der Waals surface area contributed by atoms with Crippen LogP contribution in [0.25, 0.3) is 5.57 Å². The molecule has 0 aliphatic carbocycles. The van der Waals surface area contributed by atoms with E-state index in [0.29, 0.717) is 40.4 Å². The molecule has 2 aromatic rings. The van der Waals surface area contributed by atoms with E-state index in [9.17, 15) is 10.1 Å². The lowest BCUT2D eigenvalue weighted by Gasteiger charge is -2.26. The Hall–Kier alpha value is -3.67. The third-order valence-electron chi connectivity index (χ3n) is 5.79. The number of nitrogens with zero attached hydrogens (tertiary/aromatic N) is 3. The highest BCUT2D eigenvalue weighted by molar-refractivity contribution is 6.39. The molecule has 0 saturated carbocycles. The quantitative estimate of drug-likeness (QED) is 0.431. The molecule has 32 heavy (non-hydrogen) atoms. The van der Waals surface area contributed by atoms with E-state index in [1.165, 1.54) is 0 Å². The maximum absolute atomic E-state index is 12.9. The highest BCUT2D eigenvalue weighted by atomic mass is 16.6. The Kier molecular flexibility index (Phi) is 5.58. The number of allylic oxidation sites excluding steroid dienone is 1. The highest BCUT2D eigenvalue weighted by Gasteiger charge is 2.34. The Bertz CT molecular complexity index is 1160. The maximum Gasteiger partial charge on any atom is 0.258 e. The van der Waals surface area contributed by atoms with E-state index in [1.807, 2.05) is 24.3 Å². The molecule has 0 unspecified atom stereocenters. The second-order valence-electron chi connectivity index (χ2n) is 7.83. The number of rotatable bonds is 5. The number of oxime groups is 1. The van der Waals surface area contributed by atoms with Crippen molar-refractivity contribution in [3.05, 3.63) is 64.9 Å². The molecule has 1 amide bonds. The van der Waals surface area contributed by atoms with Crippen LogP contribution in [0, 0.1) is 11.3 Å². The van der Waals surface area contributed by atoms with Crippen LogP contribution in [-0.4, -0.2) is 56.0 Å². The van der Waals surface area contributed by atoms with Crippen molar-refractivity contribution >= 4 is 28.6 Å². The zero-order valence-electron chi connectivity index (χ0n) is 17.6. The van der Waals surface area contributed by atoms with Gasteiger partial charge in [0.2, 0.25) is 0 Å². The van der Waals surface area contributed by atoms with Gasteiger partial charge in [-0.1, -0.05) is 23.4 Å². The summed E-state index contributed by atoms with van der Waals surface area (Å²) < 4.78 is 5.38. The van der Waals surface area contributed by atoms with Gasteiger partial charge in [-0.25, -0.2) is 0 Å². The average Bonchev–Trinajstić information content (AvgIpc) is 3.35. The van der Waals surface area contributed by atoms with E-state index in [1.54, 1.807) is 18.2 Å². The number of carbonyl (C=O) groups is 1. The summed E-state index contributed by atoms with van der Waals surface area (Å²) in [5.41, 5.74) is 5.24. The van der Waals surface area contributed by atoms with Crippen LogP contribution in [0.2, 0.25) is 0 Å². The van der Waals surface area contributed by atoms with E-state index < -0.39 is 0 Å². The first-order chi connectivity index (χ1) is 15.7. The van der Waals surface area contributed by atoms with Crippen LogP contribution >= 0.6 is 0 Å². The zero-order valence-corrected chi connectivity index (χ0v) is 17.6. The van der Waals surface area contributed by atoms with Crippen molar-refractivity contribution in [1.29, 1.82) is 5.26 Å². The van der Waals surface area contributed by atoms with E-state index in [4.69, 9.17) is 9.57 Å². The van der Waals surface area contributed by atoms with E-state index in [0.717, 1.165) is 50.5 Å². The van der Waals surface area contributed by atoms with Crippen LogP contribution < -0.4 is 10.6 Å². The summed E-state index contributed by atoms with van der Waals surface area (Å²) >= 11 is 0. The molecule has 3 aliphatic rings. The number of carbonyl (C=O) groups excluding carboxylic acids is 1. The molecule has 1 saturated heterocycles. The van der Waals surface area contributed by atoms with Gasteiger partial charge in [0.05, 0.1) is 36.1 Å². The molecular weight excluding hydrogens is 406 g/mol. The first kappa shape index (κ1) is 20.2. The van der Waals surface area contributed by atoms with Crippen molar-refractivity contribution in [1.82, 2.24) is 4.90 Å². The summed E-state index contributed by atoms with van der Waals surface area (Å²) in [7, 11) is 0. The number of nitrogens with one attached hydrogen (secondary N) is 2. The Balaban J connectivity index is 1.42. The molecule has 1 fully saturated rings. The maximum atomic E-state index is 12.9. The van der Waals surface area contributed by atoms with Crippen LogP contribution in [0.3, 0.4) is 0 Å². The number of para-hydroxylation sites is 1. The molecule has 0 bridgehead atoms. The van der Waals surface area contributed by atoms with Gasteiger partial charge in [-0.05, 0) is 30.7 Å². The lowest BCUT2D eigenvalue weighted by molar-refractivity contribution is -0.110. The third-order valence-corrected chi connectivity index (χ3v) is 5.79. The molecule has 162 valence electrons. The molecule has 5 rings (SSSR count). The van der Waals surface area contributed by atoms with E-state index in [-0.39, 0.29) is 5.91 Å². The summed E-state index contributed by atoms with van der Waals surface area (Å²) in [6.45, 7) is 4.86. The van der Waals surface area contributed by atoms with Crippen LogP contribution in [0.5, 0.6) is 0 Å². The fourth-order valence-electron chi connectivity index (χ4n) is 4.18. The number of fused-ring (bicyclic) bond motifs is 2. The summed E-state index contributed by atoms with van der Waals surface area (Å²) in [6, 6.07) is 15.0. The normalized spacial score (nSPS) is 21.0. The van der Waals surface area contributed by atoms with Gasteiger partial charge in [-0.15, -0.1) is 0 Å². The van der Waals surface area contributed by atoms with Gasteiger partial charge in [-0.2, -0.15) is 5.26 Å². The topological polar surface area (TPSA) is 99.0 Å². The van der Waals surface area contributed by atoms with Gasteiger partial charge < -0.3 is 20.2 Å². The number of hydrogen-bond acceptors (Lipinski definition) is 7. The minimum Gasteiger partial charge on any atom is -0.395 e. The van der Waals surface area contributed by atoms with Gasteiger partial charge in [0.15, 0.2) is 0 Å². The first-order valence-corrected chi connectivity index (χ1v) is 10.7. The smallest absolute Gasteiger partial charge is 0.258 e. The average molecular weight is 429 g/mol. The second-order valence-corrected chi connectivity index (χ2v) is 7.83. The molecule has 0 atom stereocenters. The van der Waals surface area contributed by atoms with Crippen molar-refractivity contribution in [3.63, 3.8) is 0 Å². The predicted molar refractivity (Wildman–Crippen MR) is 121 cm³/mol. The third kappa shape index (κ3) is 3.84. The van der Waals surface area contributed by atoms with E-state index in [2.05, 4.69) is 26.8 Å². The van der Waals surface area contributed by atoms with Crippen molar-refractivity contribution in [2.75, 3.05) is 50.1 Å². The molecular formula is C24H23N5O3. The van der Waals surface area contributed by atoms with Crippen LogP contribution in [-0.2, 0) is 14.4 Å². The molecule has 3 aliphatic heterocycles. The van der Waals surface area contributed by atoms with Gasteiger partial charge in [0.1, 0.15) is 12.3 Å². The number of benzene rings is 2. The molecule has 3 heterocycles. The standard InChI is InChI=1S/C24H23N5O3/c25-15-16-6-7-20-18(14-16)21(24(30)27-20)23-22(17-4-1-2-5-19(17)26-23)28-32-11-3-8-29-9-12-31-13-10-29/h1-2,4-7,14,26H,3,8-13H2,(H,27,30)/b23-21-,28-22+. The van der Waals surface area contributed by atoms with Gasteiger partial charge in [0.25, 0.3) is 5.91 Å². The molecule has 0 radical (unpaired) electrons. The van der Waals surface area contributed by atoms with Gasteiger partial charge in [-0.3, -0.25) is 9.69 Å². The van der Waals surface area contributed by atoms with Gasteiger partial charge >= 0.3 is 0 Å². The predicted octanol–water partition coefficient (Wildman–Crippen LogP) is 2.79. The molecule has 0 aromatic heterocycles. The molecule has 2 N–H and O–H groups in total. The Labute approximate surface area is 186 Å². The number of ether oxygens (including phenoxy) is 1. The summed E-state index contributed by atoms with van der Waals surface area (Å²) in [5, 5.41) is 19.9. The number of hydrogen-bond donors (Lipinski definition) is 2. The number of nitriles is 1. The number of anilines is 2. The van der Waals surface area contributed by atoms with E-state index >= 15 is 0 Å². The summed E-state index contributed by atoms with van der Waals surface area (Å²) in [6.07, 6.45) is 0.854. The fraction of sp³-hybridized carbons (Fsp3) is 0.292. The second kappa shape index (κ2) is 8.83. The summed E-state index contributed by atoms with van der Waals surface area (Å²) in [4.78, 5) is 20.9. The number of morpholine rings is 1. The Morgan fingerprint density at radius 2 is 1.91 bits per heavy atom. The lowest BCUT2D eigenvalue weighted by Crippen LogP contribution is -2.37. The van der Waals surface area contributed by atoms with Crippen molar-refractivity contribution in [3.8, 4) is 6.07 Å². The molecule has 2 aromatic carbocycles. The fourth-order valence-corrected chi connectivity index (χ4v) is 4.18. The molecule has 8 nitrogen and oxygen atoms in total. The van der Waals surface area contributed by atoms with Crippen LogP contribution in [0.4, 0.5) is 11.4 Å². The number of amides is 1. The van der Waals surface area contributed by atoms with Crippen LogP contribution in [0.1, 0.15) is 23.1 Å². The lowest BCUT2D eigenvalue weighted by atomic mass is 10.00.